The lowest BCUT2D eigenvalue weighted by atomic mass is 10.1. The first-order valence-electron chi connectivity index (χ1n) is 6.02. The van der Waals surface area contributed by atoms with E-state index in [1.54, 1.807) is 0 Å². The third kappa shape index (κ3) is 6.84. The van der Waals surface area contributed by atoms with Crippen LogP contribution in [0.15, 0.2) is 23.1 Å². The zero-order chi connectivity index (χ0) is 16.6. The highest BCUT2D eigenvalue weighted by Gasteiger charge is 2.13. The van der Waals surface area contributed by atoms with Gasteiger partial charge >= 0.3 is 11.9 Å². The maximum absolute atomic E-state index is 10.6. The van der Waals surface area contributed by atoms with Crippen LogP contribution in [0.5, 0.6) is 0 Å². The lowest BCUT2D eigenvalue weighted by Crippen LogP contribution is -2.82. The van der Waals surface area contributed by atoms with Crippen molar-refractivity contribution in [3.8, 4) is 0 Å². The SMILES string of the molecule is CC[NH2+]CC.O=C(O)c1cc(C(=O)O)cc(S(=O)(=O)[O-])c1. The van der Waals surface area contributed by atoms with Crippen molar-refractivity contribution >= 4 is 22.1 Å². The number of carbonyl (C=O) groups is 2. The summed E-state index contributed by atoms with van der Waals surface area (Å²) in [5.41, 5.74) is -1.15. The predicted molar refractivity (Wildman–Crippen MR) is 71.3 cm³/mol. The fraction of sp³-hybridized carbons (Fsp3) is 0.333. The summed E-state index contributed by atoms with van der Waals surface area (Å²) in [5.74, 6) is -3.04. The molecule has 1 aromatic rings. The molecule has 9 heteroatoms. The van der Waals surface area contributed by atoms with Crippen LogP contribution in [0.3, 0.4) is 0 Å². The molecule has 0 aliphatic heterocycles. The lowest BCUT2D eigenvalue weighted by molar-refractivity contribution is -0.648. The topological polar surface area (TPSA) is 148 Å². The van der Waals surface area contributed by atoms with Crippen LogP contribution in [0.4, 0.5) is 0 Å². The van der Waals surface area contributed by atoms with E-state index in [4.69, 9.17) is 10.2 Å². The third-order valence-electron chi connectivity index (χ3n) is 2.27. The first kappa shape index (κ1) is 19.0. The van der Waals surface area contributed by atoms with Crippen LogP contribution in [-0.4, -0.2) is 48.2 Å². The Labute approximate surface area is 122 Å². The van der Waals surface area contributed by atoms with Gasteiger partial charge in [0.25, 0.3) is 0 Å². The molecule has 0 saturated carbocycles. The van der Waals surface area contributed by atoms with E-state index in [0.717, 1.165) is 6.07 Å². The van der Waals surface area contributed by atoms with E-state index in [2.05, 4.69) is 19.2 Å². The Bertz CT molecular complexity index is 576. The molecular weight excluding hydrogens is 302 g/mol. The molecule has 8 nitrogen and oxygen atoms in total. The Hall–Kier alpha value is -1.97. The summed E-state index contributed by atoms with van der Waals surface area (Å²) in [6, 6.07) is 1.98. The van der Waals surface area contributed by atoms with Crippen molar-refractivity contribution in [1.82, 2.24) is 0 Å². The average molecular weight is 319 g/mol. The molecule has 118 valence electrons. The van der Waals surface area contributed by atoms with E-state index in [1.165, 1.54) is 13.1 Å². The lowest BCUT2D eigenvalue weighted by Gasteiger charge is -2.08. The summed E-state index contributed by atoms with van der Waals surface area (Å²) >= 11 is 0. The number of quaternary nitrogens is 1. The van der Waals surface area contributed by atoms with Gasteiger partial charge in [-0.05, 0) is 32.0 Å². The molecule has 0 atom stereocenters. The maximum atomic E-state index is 10.6. The molecule has 1 aromatic carbocycles. The zero-order valence-electron chi connectivity index (χ0n) is 11.6. The summed E-state index contributed by atoms with van der Waals surface area (Å²) in [4.78, 5) is 20.2. The van der Waals surface area contributed by atoms with Crippen molar-refractivity contribution in [2.24, 2.45) is 0 Å². The summed E-state index contributed by atoms with van der Waals surface area (Å²) in [6.07, 6.45) is 0. The number of benzene rings is 1. The minimum Gasteiger partial charge on any atom is -0.744 e. The molecule has 0 aliphatic carbocycles. The predicted octanol–water partition coefficient (Wildman–Crippen LogP) is -0.423. The summed E-state index contributed by atoms with van der Waals surface area (Å²) in [5, 5.41) is 19.4. The molecule has 4 N–H and O–H groups in total. The van der Waals surface area contributed by atoms with Crippen molar-refractivity contribution in [3.05, 3.63) is 29.3 Å². The van der Waals surface area contributed by atoms with Gasteiger partial charge in [-0.2, -0.15) is 0 Å². The molecule has 0 spiro atoms. The van der Waals surface area contributed by atoms with Crippen LogP contribution in [0.1, 0.15) is 34.6 Å². The van der Waals surface area contributed by atoms with E-state index >= 15 is 0 Å². The number of carboxylic acids is 2. The highest BCUT2D eigenvalue weighted by atomic mass is 32.2. The number of nitrogens with two attached hydrogens (primary N) is 1. The van der Waals surface area contributed by atoms with Gasteiger partial charge in [0, 0.05) is 0 Å². The molecular formula is C12H17NO7S. The summed E-state index contributed by atoms with van der Waals surface area (Å²) < 4.78 is 31.9. The molecule has 0 aliphatic rings. The Morgan fingerprint density at radius 3 is 1.62 bits per heavy atom. The molecule has 0 aromatic heterocycles. The van der Waals surface area contributed by atoms with Crippen LogP contribution in [-0.2, 0) is 10.1 Å². The van der Waals surface area contributed by atoms with Gasteiger partial charge in [0.1, 0.15) is 10.1 Å². The fourth-order valence-electron chi connectivity index (χ4n) is 1.28. The van der Waals surface area contributed by atoms with Crippen molar-refractivity contribution in [2.75, 3.05) is 13.1 Å². The van der Waals surface area contributed by atoms with Crippen molar-refractivity contribution < 1.29 is 38.1 Å². The van der Waals surface area contributed by atoms with Gasteiger partial charge in [0.15, 0.2) is 0 Å². The van der Waals surface area contributed by atoms with E-state index in [-0.39, 0.29) is 0 Å². The Balaban J connectivity index is 0.000000690. The average Bonchev–Trinajstić information content (AvgIpc) is 2.38. The van der Waals surface area contributed by atoms with Crippen LogP contribution >= 0.6 is 0 Å². The summed E-state index contributed by atoms with van der Waals surface area (Å²) in [7, 11) is -4.89. The Morgan fingerprint density at radius 1 is 1.05 bits per heavy atom. The van der Waals surface area contributed by atoms with Crippen molar-refractivity contribution in [2.45, 2.75) is 18.7 Å². The van der Waals surface area contributed by atoms with Gasteiger partial charge in [-0.25, -0.2) is 18.0 Å². The highest BCUT2D eigenvalue weighted by molar-refractivity contribution is 7.85. The Morgan fingerprint density at radius 2 is 1.43 bits per heavy atom. The van der Waals surface area contributed by atoms with Crippen LogP contribution in [0.25, 0.3) is 0 Å². The third-order valence-corrected chi connectivity index (χ3v) is 3.08. The number of rotatable bonds is 5. The van der Waals surface area contributed by atoms with Crippen LogP contribution in [0.2, 0.25) is 0 Å². The van der Waals surface area contributed by atoms with Gasteiger partial charge < -0.3 is 20.1 Å². The highest BCUT2D eigenvalue weighted by Crippen LogP contribution is 2.15. The van der Waals surface area contributed by atoms with E-state index in [9.17, 15) is 22.6 Å². The van der Waals surface area contributed by atoms with Crippen LogP contribution in [0, 0.1) is 0 Å². The van der Waals surface area contributed by atoms with E-state index in [0.29, 0.717) is 12.1 Å². The minimum atomic E-state index is -4.89. The number of aromatic carboxylic acids is 2. The molecule has 0 bridgehead atoms. The smallest absolute Gasteiger partial charge is 0.335 e. The second-order valence-corrected chi connectivity index (χ2v) is 5.30. The van der Waals surface area contributed by atoms with Gasteiger partial charge in [-0.3, -0.25) is 0 Å². The van der Waals surface area contributed by atoms with Gasteiger partial charge in [0.2, 0.25) is 0 Å². The molecule has 0 unspecified atom stereocenters. The van der Waals surface area contributed by atoms with Crippen molar-refractivity contribution in [1.29, 1.82) is 0 Å². The van der Waals surface area contributed by atoms with Gasteiger partial charge in [-0.15, -0.1) is 0 Å². The Kier molecular flexibility index (Phi) is 7.56. The standard InChI is InChI=1S/C8H6O7S.C4H11N/c9-7(10)4-1-5(8(11)12)3-6(2-4)16(13,14)15;1-3-5-4-2/h1-3H,(H,9,10)(H,11,12)(H,13,14,15);5H,3-4H2,1-2H3. The second kappa shape index (κ2) is 8.35. The van der Waals surface area contributed by atoms with Gasteiger partial charge in [-0.1, -0.05) is 0 Å². The minimum absolute atomic E-state index is 0.575. The largest absolute Gasteiger partial charge is 0.744 e. The first-order chi connectivity index (χ1) is 9.63. The molecule has 0 radical (unpaired) electrons. The number of hydrogen-bond donors (Lipinski definition) is 3. The first-order valence-corrected chi connectivity index (χ1v) is 7.43. The van der Waals surface area contributed by atoms with Gasteiger partial charge in [0.05, 0.1) is 29.1 Å². The normalized spacial score (nSPS) is 10.4. The second-order valence-electron chi connectivity index (χ2n) is 3.92. The quantitative estimate of drug-likeness (QED) is 0.624. The molecule has 0 fully saturated rings. The molecule has 0 amide bonds. The zero-order valence-corrected chi connectivity index (χ0v) is 12.4. The molecule has 21 heavy (non-hydrogen) atoms. The number of carboxylic acid groups (broad SMARTS) is 2. The maximum Gasteiger partial charge on any atom is 0.335 e. The molecule has 0 heterocycles. The van der Waals surface area contributed by atoms with E-state index < -0.39 is 38.1 Å². The van der Waals surface area contributed by atoms with E-state index in [1.807, 2.05) is 0 Å². The number of hydrogen-bond acceptors (Lipinski definition) is 5. The molecule has 1 rings (SSSR count). The van der Waals surface area contributed by atoms with Crippen LogP contribution < -0.4 is 5.32 Å². The summed E-state index contributed by atoms with van der Waals surface area (Å²) in [6.45, 7) is 6.75. The molecule has 0 saturated heterocycles. The fourth-order valence-corrected chi connectivity index (χ4v) is 1.82. The van der Waals surface area contributed by atoms with Crippen molar-refractivity contribution in [3.63, 3.8) is 0 Å². The monoisotopic (exact) mass is 319 g/mol.